The summed E-state index contributed by atoms with van der Waals surface area (Å²) in [6.45, 7) is 4.08. The number of pyridine rings is 1. The molecule has 1 aliphatic rings. The number of carbonyl (C=O) groups excluding carboxylic acids is 1. The van der Waals surface area contributed by atoms with E-state index in [4.69, 9.17) is 0 Å². The Hall–Kier alpha value is -3.15. The summed E-state index contributed by atoms with van der Waals surface area (Å²) in [5.41, 5.74) is 3.83. The van der Waals surface area contributed by atoms with Crippen LogP contribution < -0.4 is 10.9 Å². The van der Waals surface area contributed by atoms with E-state index in [-0.39, 0.29) is 11.5 Å². The van der Waals surface area contributed by atoms with Crippen molar-refractivity contribution in [1.82, 2.24) is 14.3 Å². The molecule has 0 spiro atoms. The van der Waals surface area contributed by atoms with Gasteiger partial charge in [0.15, 0.2) is 0 Å². The molecule has 1 aromatic carbocycles. The van der Waals surface area contributed by atoms with Gasteiger partial charge in [0.1, 0.15) is 5.65 Å². The van der Waals surface area contributed by atoms with E-state index in [2.05, 4.69) is 10.3 Å². The van der Waals surface area contributed by atoms with Gasteiger partial charge in [-0.05, 0) is 55.7 Å². The zero-order valence-corrected chi connectivity index (χ0v) is 15.3. The van der Waals surface area contributed by atoms with Crippen molar-refractivity contribution in [3.8, 4) is 0 Å². The summed E-state index contributed by atoms with van der Waals surface area (Å²) in [7, 11) is 0. The maximum atomic E-state index is 12.4. The van der Waals surface area contributed by atoms with Crippen LogP contribution in [-0.2, 0) is 6.54 Å². The van der Waals surface area contributed by atoms with Crippen LogP contribution in [0.2, 0.25) is 0 Å². The minimum atomic E-state index is -0.0907. The topological polar surface area (TPSA) is 66.7 Å². The van der Waals surface area contributed by atoms with Crippen LogP contribution in [0.5, 0.6) is 0 Å². The Morgan fingerprint density at radius 3 is 2.63 bits per heavy atom. The van der Waals surface area contributed by atoms with Gasteiger partial charge in [-0.1, -0.05) is 6.07 Å². The number of anilines is 1. The predicted octanol–water partition coefficient (Wildman–Crippen LogP) is 2.85. The Morgan fingerprint density at radius 2 is 1.89 bits per heavy atom. The average molecular weight is 362 g/mol. The van der Waals surface area contributed by atoms with E-state index in [1.54, 1.807) is 16.7 Å². The smallest absolute Gasteiger partial charge is 0.258 e. The molecular formula is C21H22N4O2. The molecule has 4 rings (SSSR count). The number of carbonyl (C=O) groups is 1. The van der Waals surface area contributed by atoms with E-state index in [1.807, 2.05) is 48.2 Å². The van der Waals surface area contributed by atoms with Crippen LogP contribution in [0.25, 0.3) is 5.65 Å². The van der Waals surface area contributed by atoms with Gasteiger partial charge in [0.25, 0.3) is 11.5 Å². The van der Waals surface area contributed by atoms with E-state index >= 15 is 0 Å². The summed E-state index contributed by atoms with van der Waals surface area (Å²) >= 11 is 0. The second-order valence-electron chi connectivity index (χ2n) is 6.90. The molecule has 0 aliphatic carbocycles. The van der Waals surface area contributed by atoms with Gasteiger partial charge in [0.05, 0.1) is 12.2 Å². The molecule has 3 aromatic rings. The number of aryl methyl sites for hydroxylation is 1. The van der Waals surface area contributed by atoms with Crippen LogP contribution >= 0.6 is 0 Å². The van der Waals surface area contributed by atoms with Gasteiger partial charge in [-0.25, -0.2) is 4.98 Å². The molecule has 0 atom stereocenters. The number of likely N-dealkylation sites (tertiary alicyclic amines) is 1. The quantitative estimate of drug-likeness (QED) is 0.775. The molecule has 1 fully saturated rings. The lowest BCUT2D eigenvalue weighted by Gasteiger charge is -2.15. The Labute approximate surface area is 157 Å². The highest BCUT2D eigenvalue weighted by molar-refractivity contribution is 5.94. The lowest BCUT2D eigenvalue weighted by Crippen LogP contribution is -2.27. The maximum absolute atomic E-state index is 12.4. The third kappa shape index (κ3) is 3.56. The molecule has 1 aliphatic heterocycles. The van der Waals surface area contributed by atoms with Crippen molar-refractivity contribution in [3.63, 3.8) is 0 Å². The van der Waals surface area contributed by atoms with Crippen molar-refractivity contribution in [2.24, 2.45) is 0 Å². The number of fused-ring (bicyclic) bond motifs is 1. The number of nitrogens with zero attached hydrogens (tertiary/aromatic N) is 3. The fourth-order valence-corrected chi connectivity index (χ4v) is 3.43. The van der Waals surface area contributed by atoms with Crippen molar-refractivity contribution < 1.29 is 4.79 Å². The van der Waals surface area contributed by atoms with Crippen LogP contribution in [-0.4, -0.2) is 33.3 Å². The molecule has 0 bridgehead atoms. The van der Waals surface area contributed by atoms with E-state index in [9.17, 15) is 9.59 Å². The Morgan fingerprint density at radius 1 is 1.15 bits per heavy atom. The molecule has 0 saturated carbocycles. The minimum Gasteiger partial charge on any atom is -0.379 e. The van der Waals surface area contributed by atoms with Crippen LogP contribution in [0.3, 0.4) is 0 Å². The molecule has 1 N–H and O–H groups in total. The monoisotopic (exact) mass is 362 g/mol. The normalized spacial score (nSPS) is 13.9. The number of rotatable bonds is 4. The molecule has 0 radical (unpaired) electrons. The Bertz CT molecular complexity index is 1030. The highest BCUT2D eigenvalue weighted by Gasteiger charge is 2.19. The summed E-state index contributed by atoms with van der Waals surface area (Å²) in [4.78, 5) is 31.1. The van der Waals surface area contributed by atoms with Crippen molar-refractivity contribution >= 4 is 17.2 Å². The summed E-state index contributed by atoms with van der Waals surface area (Å²) < 4.78 is 1.55. The Kier molecular flexibility index (Phi) is 4.62. The fourth-order valence-electron chi connectivity index (χ4n) is 3.43. The largest absolute Gasteiger partial charge is 0.379 e. The third-order valence-electron chi connectivity index (χ3n) is 4.94. The van der Waals surface area contributed by atoms with E-state index in [0.717, 1.165) is 37.2 Å². The van der Waals surface area contributed by atoms with Crippen molar-refractivity contribution in [3.05, 3.63) is 75.8 Å². The standard InChI is InChI=1S/C21H22N4O2/c1-15-5-4-12-25-19(26)13-18(23-20(15)25)14-22-17-8-6-16(7-9-17)21(27)24-10-2-3-11-24/h4-9,12-13,22H,2-3,10-11,14H2,1H3. The summed E-state index contributed by atoms with van der Waals surface area (Å²) in [6.07, 6.45) is 3.90. The summed E-state index contributed by atoms with van der Waals surface area (Å²) in [5, 5.41) is 3.27. The van der Waals surface area contributed by atoms with Gasteiger partial charge in [-0.15, -0.1) is 0 Å². The van der Waals surface area contributed by atoms with Crippen LogP contribution in [0.15, 0.2) is 53.5 Å². The van der Waals surface area contributed by atoms with Crippen LogP contribution in [0.1, 0.15) is 34.5 Å². The minimum absolute atomic E-state index is 0.0907. The van der Waals surface area contributed by atoms with Gasteiger partial charge < -0.3 is 10.2 Å². The summed E-state index contributed by atoms with van der Waals surface area (Å²) in [5.74, 6) is 0.0961. The maximum Gasteiger partial charge on any atom is 0.258 e. The van der Waals surface area contributed by atoms with Crippen molar-refractivity contribution in [1.29, 1.82) is 0 Å². The van der Waals surface area contributed by atoms with E-state index in [0.29, 0.717) is 23.4 Å². The number of nitrogens with one attached hydrogen (secondary N) is 1. The fraction of sp³-hybridized carbons (Fsp3) is 0.286. The molecule has 3 heterocycles. The van der Waals surface area contributed by atoms with Gasteiger partial charge in [0.2, 0.25) is 0 Å². The zero-order chi connectivity index (χ0) is 18.8. The predicted molar refractivity (Wildman–Crippen MR) is 105 cm³/mol. The molecule has 0 unspecified atom stereocenters. The first-order valence-corrected chi connectivity index (χ1v) is 9.23. The van der Waals surface area contributed by atoms with E-state index < -0.39 is 0 Å². The number of benzene rings is 1. The molecule has 1 amide bonds. The highest BCUT2D eigenvalue weighted by Crippen LogP contribution is 2.16. The van der Waals surface area contributed by atoms with E-state index in [1.165, 1.54) is 0 Å². The second kappa shape index (κ2) is 7.23. The summed E-state index contributed by atoms with van der Waals surface area (Å²) in [6, 6.07) is 12.8. The number of hydrogen-bond acceptors (Lipinski definition) is 4. The Balaban J connectivity index is 1.47. The average Bonchev–Trinajstić information content (AvgIpc) is 3.22. The molecule has 2 aromatic heterocycles. The first-order valence-electron chi connectivity index (χ1n) is 9.23. The number of aromatic nitrogens is 2. The highest BCUT2D eigenvalue weighted by atomic mass is 16.2. The van der Waals surface area contributed by atoms with Gasteiger partial charge in [-0.2, -0.15) is 0 Å². The molecule has 138 valence electrons. The second-order valence-corrected chi connectivity index (χ2v) is 6.90. The first kappa shape index (κ1) is 17.3. The lowest BCUT2D eigenvalue weighted by molar-refractivity contribution is 0.0793. The number of hydrogen-bond donors (Lipinski definition) is 1. The SMILES string of the molecule is Cc1cccn2c(=O)cc(CNc3ccc(C(=O)N4CCCC4)cc3)nc12. The number of amides is 1. The molecule has 1 saturated heterocycles. The van der Waals surface area contributed by atoms with Crippen LogP contribution in [0, 0.1) is 6.92 Å². The van der Waals surface area contributed by atoms with Gasteiger partial charge in [0, 0.05) is 36.6 Å². The van der Waals surface area contributed by atoms with Gasteiger partial charge >= 0.3 is 0 Å². The van der Waals surface area contributed by atoms with Crippen molar-refractivity contribution in [2.45, 2.75) is 26.3 Å². The van der Waals surface area contributed by atoms with Gasteiger partial charge in [-0.3, -0.25) is 14.0 Å². The molecular weight excluding hydrogens is 340 g/mol. The van der Waals surface area contributed by atoms with Crippen molar-refractivity contribution in [2.75, 3.05) is 18.4 Å². The third-order valence-corrected chi connectivity index (χ3v) is 4.94. The molecule has 6 nitrogen and oxygen atoms in total. The van der Waals surface area contributed by atoms with Crippen LogP contribution in [0.4, 0.5) is 5.69 Å². The zero-order valence-electron chi connectivity index (χ0n) is 15.3. The lowest BCUT2D eigenvalue weighted by atomic mass is 10.2. The molecule has 6 heteroatoms. The molecule has 27 heavy (non-hydrogen) atoms. The first-order chi connectivity index (χ1) is 13.1.